The number of aromatic nitrogens is 3. The number of pyridine rings is 1. The molecule has 41 heavy (non-hydrogen) atoms. The van der Waals surface area contributed by atoms with Crippen LogP contribution in [0.5, 0.6) is 0 Å². The molecule has 1 aliphatic carbocycles. The topological polar surface area (TPSA) is 66.0 Å². The number of anilines is 1. The molecule has 210 valence electrons. The molecule has 0 bridgehead atoms. The van der Waals surface area contributed by atoms with Crippen LogP contribution in [0.4, 0.5) is 5.82 Å². The zero-order valence-electron chi connectivity index (χ0n) is 24.2. The summed E-state index contributed by atoms with van der Waals surface area (Å²) in [6.45, 7) is 6.36. The molecular formula is C36H40N4O. The predicted molar refractivity (Wildman–Crippen MR) is 167 cm³/mol. The minimum Gasteiger partial charge on any atom is -0.382 e. The zero-order chi connectivity index (χ0) is 28.2. The summed E-state index contributed by atoms with van der Waals surface area (Å²) in [7, 11) is 0. The third-order valence-corrected chi connectivity index (χ3v) is 8.34. The van der Waals surface area contributed by atoms with Gasteiger partial charge in [-0.1, -0.05) is 105 Å². The maximum Gasteiger partial charge on any atom is 0.151 e. The van der Waals surface area contributed by atoms with E-state index >= 15 is 0 Å². The third kappa shape index (κ3) is 5.77. The fourth-order valence-electron chi connectivity index (χ4n) is 6.62. The van der Waals surface area contributed by atoms with Crippen LogP contribution in [0, 0.1) is 5.92 Å². The number of fused-ring (bicyclic) bond motifs is 3. The smallest absolute Gasteiger partial charge is 0.151 e. The van der Waals surface area contributed by atoms with E-state index in [9.17, 15) is 0 Å². The van der Waals surface area contributed by atoms with Crippen LogP contribution in [0.2, 0.25) is 0 Å². The molecule has 0 spiro atoms. The van der Waals surface area contributed by atoms with E-state index in [4.69, 9.17) is 20.4 Å². The molecule has 0 radical (unpaired) electrons. The van der Waals surface area contributed by atoms with E-state index in [1.807, 2.05) is 18.2 Å². The summed E-state index contributed by atoms with van der Waals surface area (Å²) in [6, 6.07) is 32.0. The number of benzene rings is 3. The van der Waals surface area contributed by atoms with Crippen LogP contribution in [0.1, 0.15) is 60.5 Å². The molecule has 0 saturated heterocycles. The number of ether oxygens (including phenoxy) is 1. The van der Waals surface area contributed by atoms with Crippen molar-refractivity contribution in [1.29, 1.82) is 0 Å². The van der Waals surface area contributed by atoms with Gasteiger partial charge in [-0.05, 0) is 54.7 Å². The molecule has 5 aromatic rings. The van der Waals surface area contributed by atoms with Gasteiger partial charge in [0.1, 0.15) is 17.9 Å². The van der Waals surface area contributed by atoms with E-state index in [1.54, 1.807) is 0 Å². The van der Waals surface area contributed by atoms with Gasteiger partial charge in [-0.15, -0.1) is 0 Å². The van der Waals surface area contributed by atoms with Crippen LogP contribution in [0.25, 0.3) is 11.0 Å². The summed E-state index contributed by atoms with van der Waals surface area (Å²) in [6.07, 6.45) is 5.03. The molecule has 3 aromatic carbocycles. The Bertz CT molecular complexity index is 1550. The maximum absolute atomic E-state index is 6.79. The normalized spacial score (nSPS) is 14.4. The number of hydrogen-bond donors (Lipinski definition) is 1. The highest BCUT2D eigenvalue weighted by atomic mass is 16.5. The van der Waals surface area contributed by atoms with E-state index in [0.717, 1.165) is 66.8 Å². The number of aryl methyl sites for hydroxylation is 1. The summed E-state index contributed by atoms with van der Waals surface area (Å²) in [5.74, 6) is 1.90. The van der Waals surface area contributed by atoms with Gasteiger partial charge in [-0.25, -0.2) is 9.97 Å². The molecule has 0 unspecified atom stereocenters. The van der Waals surface area contributed by atoms with Crippen LogP contribution in [0.3, 0.4) is 0 Å². The number of nitrogens with two attached hydrogens (primary N) is 1. The SMILES string of the molecule is CC(C)Cn1c(COCc2ccccc2)nc2c(N)nc3c(c21)CCCC3(Cc1ccccc1)Cc1ccccc1. The summed E-state index contributed by atoms with van der Waals surface area (Å²) >= 11 is 0. The van der Waals surface area contributed by atoms with Gasteiger partial charge in [0.15, 0.2) is 5.82 Å². The van der Waals surface area contributed by atoms with Crippen LogP contribution in [-0.2, 0) is 49.2 Å². The highest BCUT2D eigenvalue weighted by molar-refractivity contribution is 5.89. The Labute approximate surface area is 243 Å². The van der Waals surface area contributed by atoms with E-state index in [2.05, 4.69) is 91.2 Å². The van der Waals surface area contributed by atoms with Crippen molar-refractivity contribution in [1.82, 2.24) is 14.5 Å². The molecule has 5 heteroatoms. The number of nitrogens with zero attached hydrogens (tertiary/aromatic N) is 3. The average molecular weight is 545 g/mol. The largest absolute Gasteiger partial charge is 0.382 e. The molecule has 2 aromatic heterocycles. The minimum absolute atomic E-state index is 0.143. The lowest BCUT2D eigenvalue weighted by atomic mass is 9.66. The second-order valence-electron chi connectivity index (χ2n) is 12.0. The number of rotatable bonds is 10. The summed E-state index contributed by atoms with van der Waals surface area (Å²) in [5, 5.41) is 0. The van der Waals surface area contributed by atoms with Gasteiger partial charge in [-0.2, -0.15) is 0 Å². The van der Waals surface area contributed by atoms with Crippen LogP contribution in [-0.4, -0.2) is 14.5 Å². The Kier molecular flexibility index (Phi) is 7.89. The Morgan fingerprint density at radius 1 is 0.805 bits per heavy atom. The van der Waals surface area contributed by atoms with Gasteiger partial charge in [0.25, 0.3) is 0 Å². The molecular weight excluding hydrogens is 504 g/mol. The molecule has 5 nitrogen and oxygen atoms in total. The minimum atomic E-state index is -0.143. The van der Waals surface area contributed by atoms with Crippen molar-refractivity contribution in [3.63, 3.8) is 0 Å². The average Bonchev–Trinajstić information content (AvgIpc) is 3.34. The van der Waals surface area contributed by atoms with Crippen molar-refractivity contribution in [2.24, 2.45) is 5.92 Å². The first-order chi connectivity index (χ1) is 20.0. The Morgan fingerprint density at radius 2 is 1.39 bits per heavy atom. The van der Waals surface area contributed by atoms with Gasteiger partial charge in [0.05, 0.1) is 17.8 Å². The lowest BCUT2D eigenvalue weighted by Crippen LogP contribution is -2.37. The van der Waals surface area contributed by atoms with Crippen molar-refractivity contribution in [2.45, 2.75) is 71.1 Å². The van der Waals surface area contributed by atoms with Gasteiger partial charge < -0.3 is 15.0 Å². The quantitative estimate of drug-likeness (QED) is 0.198. The maximum atomic E-state index is 6.79. The second kappa shape index (κ2) is 11.9. The molecule has 0 saturated carbocycles. The van der Waals surface area contributed by atoms with Crippen LogP contribution < -0.4 is 5.73 Å². The Balaban J connectivity index is 1.46. The molecule has 0 fully saturated rings. The van der Waals surface area contributed by atoms with Crippen molar-refractivity contribution < 1.29 is 4.74 Å². The monoisotopic (exact) mass is 544 g/mol. The summed E-state index contributed by atoms with van der Waals surface area (Å²) in [4.78, 5) is 10.3. The molecule has 0 amide bonds. The highest BCUT2D eigenvalue weighted by Crippen LogP contribution is 2.45. The third-order valence-electron chi connectivity index (χ3n) is 8.34. The zero-order valence-corrected chi connectivity index (χ0v) is 24.2. The van der Waals surface area contributed by atoms with Gasteiger partial charge in [0.2, 0.25) is 0 Å². The first-order valence-corrected chi connectivity index (χ1v) is 14.9. The van der Waals surface area contributed by atoms with E-state index in [1.165, 1.54) is 16.7 Å². The number of imidazole rings is 1. The number of nitrogen functional groups attached to an aromatic ring is 1. The fraction of sp³-hybridized carbons (Fsp3) is 0.333. The summed E-state index contributed by atoms with van der Waals surface area (Å²) in [5.41, 5.74) is 14.9. The van der Waals surface area contributed by atoms with Crippen molar-refractivity contribution in [2.75, 3.05) is 5.73 Å². The standard InChI is InChI=1S/C36H40N4O/c1-26(2)23-40-31(25-41-24-29-17-10-5-11-18-29)38-32-33(40)30-19-12-20-36(34(30)39-35(32)37,21-27-13-6-3-7-14-27)22-28-15-8-4-9-16-28/h3-11,13-18,26H,12,19-25H2,1-2H3,(H2,37,39). The number of hydrogen-bond acceptors (Lipinski definition) is 4. The lowest BCUT2D eigenvalue weighted by Gasteiger charge is -2.39. The van der Waals surface area contributed by atoms with Crippen molar-refractivity contribution in [3.8, 4) is 0 Å². The van der Waals surface area contributed by atoms with Gasteiger partial charge in [-0.3, -0.25) is 0 Å². The van der Waals surface area contributed by atoms with Crippen LogP contribution in [0.15, 0.2) is 91.0 Å². The van der Waals surface area contributed by atoms with Crippen molar-refractivity contribution in [3.05, 3.63) is 125 Å². The highest BCUT2D eigenvalue weighted by Gasteiger charge is 2.40. The van der Waals surface area contributed by atoms with E-state index < -0.39 is 0 Å². The van der Waals surface area contributed by atoms with Gasteiger partial charge >= 0.3 is 0 Å². The fourth-order valence-corrected chi connectivity index (χ4v) is 6.62. The molecule has 0 aliphatic heterocycles. The first-order valence-electron chi connectivity index (χ1n) is 14.9. The lowest BCUT2D eigenvalue weighted by molar-refractivity contribution is 0.0992. The Hall–Kier alpha value is -3.96. The van der Waals surface area contributed by atoms with Gasteiger partial charge in [0, 0.05) is 17.5 Å². The Morgan fingerprint density at radius 3 is 1.98 bits per heavy atom. The molecule has 2 N–H and O–H groups in total. The van der Waals surface area contributed by atoms with Crippen LogP contribution >= 0.6 is 0 Å². The van der Waals surface area contributed by atoms with E-state index in [-0.39, 0.29) is 5.41 Å². The first kappa shape index (κ1) is 27.2. The molecule has 1 aliphatic rings. The van der Waals surface area contributed by atoms with Crippen molar-refractivity contribution >= 4 is 16.9 Å². The predicted octanol–water partition coefficient (Wildman–Crippen LogP) is 7.45. The van der Waals surface area contributed by atoms with E-state index in [0.29, 0.717) is 24.9 Å². The second-order valence-corrected chi connectivity index (χ2v) is 12.0. The molecule has 6 rings (SSSR count). The summed E-state index contributed by atoms with van der Waals surface area (Å²) < 4.78 is 8.57. The molecule has 2 heterocycles. The molecule has 0 atom stereocenters.